The Balaban J connectivity index is 1.86. The van der Waals surface area contributed by atoms with Crippen molar-refractivity contribution in [1.82, 2.24) is 10.2 Å². The van der Waals surface area contributed by atoms with Gasteiger partial charge in [0, 0.05) is 11.8 Å². The van der Waals surface area contributed by atoms with Crippen LogP contribution >= 0.6 is 11.8 Å². The third-order valence-corrected chi connectivity index (χ3v) is 6.92. The van der Waals surface area contributed by atoms with E-state index in [1.807, 2.05) is 0 Å². The number of hydrogen-bond donors (Lipinski definition) is 2. The molecule has 1 aliphatic heterocycles. The molecular weight excluding hydrogens is 338 g/mol. The van der Waals surface area contributed by atoms with Crippen LogP contribution in [0.4, 0.5) is 0 Å². The van der Waals surface area contributed by atoms with E-state index >= 15 is 0 Å². The molecule has 1 heterocycles. The molecule has 3 fully saturated rings. The lowest BCUT2D eigenvalue weighted by Gasteiger charge is -2.49. The fourth-order valence-electron chi connectivity index (χ4n) is 4.60. The summed E-state index contributed by atoms with van der Waals surface area (Å²) in [5, 5.41) is 3.21. The highest BCUT2D eigenvalue weighted by atomic mass is 32.2. The molecule has 3 rings (SSSR count). The van der Waals surface area contributed by atoms with Gasteiger partial charge < -0.3 is 16.0 Å². The van der Waals surface area contributed by atoms with Gasteiger partial charge in [0.2, 0.25) is 17.7 Å². The van der Waals surface area contributed by atoms with Gasteiger partial charge in [0.25, 0.3) is 0 Å². The number of carbonyl (C=O) groups is 3. The van der Waals surface area contributed by atoms with E-state index in [9.17, 15) is 14.4 Å². The predicted octanol–water partition coefficient (Wildman–Crippen LogP) is 1.57. The molecule has 1 atom stereocenters. The molecule has 0 bridgehead atoms. The largest absolute Gasteiger partial charge is 0.368 e. The molecule has 25 heavy (non-hydrogen) atoms. The topological polar surface area (TPSA) is 92.5 Å². The van der Waals surface area contributed by atoms with Gasteiger partial charge in [0.1, 0.15) is 11.6 Å². The highest BCUT2D eigenvalue weighted by molar-refractivity contribution is 8.00. The van der Waals surface area contributed by atoms with Crippen molar-refractivity contribution in [2.75, 3.05) is 11.5 Å². The summed E-state index contributed by atoms with van der Waals surface area (Å²) in [5.74, 6) is 0.115. The quantitative estimate of drug-likeness (QED) is 0.789. The van der Waals surface area contributed by atoms with Crippen LogP contribution in [0, 0.1) is 0 Å². The van der Waals surface area contributed by atoms with Crippen LogP contribution in [0.15, 0.2) is 0 Å². The Morgan fingerprint density at radius 3 is 2.36 bits per heavy atom. The summed E-state index contributed by atoms with van der Waals surface area (Å²) in [7, 11) is 0. The summed E-state index contributed by atoms with van der Waals surface area (Å²) in [4.78, 5) is 39.6. The smallest absolute Gasteiger partial charge is 0.246 e. The maximum absolute atomic E-state index is 13.3. The zero-order valence-corrected chi connectivity index (χ0v) is 15.6. The number of hydrogen-bond acceptors (Lipinski definition) is 4. The molecule has 2 aliphatic carbocycles. The van der Waals surface area contributed by atoms with E-state index in [0.29, 0.717) is 24.3 Å². The monoisotopic (exact) mass is 367 g/mol. The van der Waals surface area contributed by atoms with E-state index in [1.165, 1.54) is 18.2 Å². The second-order valence-corrected chi connectivity index (χ2v) is 8.63. The van der Waals surface area contributed by atoms with Gasteiger partial charge in [0.15, 0.2) is 0 Å². The van der Waals surface area contributed by atoms with Crippen molar-refractivity contribution in [2.24, 2.45) is 5.73 Å². The standard InChI is InChI=1S/C18H29N3O3S/c19-16(23)14-11-25-12-15(22)21(14)18(9-5-2-6-10-18)17(24)20-13-7-3-1-4-8-13/h13-14H,1-12H2,(H2,19,23)(H,20,24)/t14-/m0/s1. The van der Waals surface area contributed by atoms with Crippen LogP contribution < -0.4 is 11.1 Å². The highest BCUT2D eigenvalue weighted by Gasteiger charge is 2.52. The molecule has 0 aromatic heterocycles. The van der Waals surface area contributed by atoms with Crippen LogP contribution in [0.25, 0.3) is 0 Å². The summed E-state index contributed by atoms with van der Waals surface area (Å²) in [6.07, 6.45) is 9.65. The van der Waals surface area contributed by atoms with Crippen LogP contribution in [-0.2, 0) is 14.4 Å². The first-order valence-corrected chi connectivity index (χ1v) is 10.7. The van der Waals surface area contributed by atoms with Crippen molar-refractivity contribution in [3.63, 3.8) is 0 Å². The summed E-state index contributed by atoms with van der Waals surface area (Å²) < 4.78 is 0. The van der Waals surface area contributed by atoms with Gasteiger partial charge in [-0.1, -0.05) is 38.5 Å². The van der Waals surface area contributed by atoms with Gasteiger partial charge in [-0.05, 0) is 25.7 Å². The average Bonchev–Trinajstić information content (AvgIpc) is 2.62. The van der Waals surface area contributed by atoms with Gasteiger partial charge in [-0.15, -0.1) is 11.8 Å². The lowest BCUT2D eigenvalue weighted by Crippen LogP contribution is -2.69. The van der Waals surface area contributed by atoms with Crippen molar-refractivity contribution in [3.05, 3.63) is 0 Å². The Morgan fingerprint density at radius 1 is 1.08 bits per heavy atom. The molecule has 0 aromatic rings. The summed E-state index contributed by atoms with van der Waals surface area (Å²) in [6, 6.07) is -0.484. The zero-order chi connectivity index (χ0) is 17.9. The van der Waals surface area contributed by atoms with Gasteiger partial charge in [-0.3, -0.25) is 14.4 Å². The van der Waals surface area contributed by atoms with E-state index in [4.69, 9.17) is 5.73 Å². The first-order valence-electron chi connectivity index (χ1n) is 9.55. The number of rotatable bonds is 4. The molecular formula is C18H29N3O3S. The molecule has 2 saturated carbocycles. The Labute approximate surface area is 153 Å². The molecule has 3 amide bonds. The molecule has 1 saturated heterocycles. The molecule has 6 nitrogen and oxygen atoms in total. The second-order valence-electron chi connectivity index (χ2n) is 7.60. The van der Waals surface area contributed by atoms with Crippen molar-refractivity contribution in [2.45, 2.75) is 81.8 Å². The summed E-state index contributed by atoms with van der Waals surface area (Å²) in [6.45, 7) is 0. The maximum atomic E-state index is 13.3. The third kappa shape index (κ3) is 3.81. The average molecular weight is 368 g/mol. The highest BCUT2D eigenvalue weighted by Crippen LogP contribution is 2.38. The number of nitrogens with two attached hydrogens (primary N) is 1. The number of thioether (sulfide) groups is 1. The molecule has 0 aromatic carbocycles. The van der Waals surface area contributed by atoms with Crippen molar-refractivity contribution in [3.8, 4) is 0 Å². The normalized spacial score (nSPS) is 27.8. The van der Waals surface area contributed by atoms with Crippen molar-refractivity contribution >= 4 is 29.5 Å². The van der Waals surface area contributed by atoms with Crippen LogP contribution in [0.3, 0.4) is 0 Å². The lowest BCUT2D eigenvalue weighted by molar-refractivity contribution is -0.155. The van der Waals surface area contributed by atoms with Gasteiger partial charge in [-0.25, -0.2) is 0 Å². The van der Waals surface area contributed by atoms with Crippen molar-refractivity contribution in [1.29, 1.82) is 0 Å². The zero-order valence-electron chi connectivity index (χ0n) is 14.8. The van der Waals surface area contributed by atoms with Crippen LogP contribution in [0.2, 0.25) is 0 Å². The maximum Gasteiger partial charge on any atom is 0.246 e. The van der Waals surface area contributed by atoms with E-state index in [2.05, 4.69) is 5.32 Å². The summed E-state index contributed by atoms with van der Waals surface area (Å²) in [5.41, 5.74) is 4.70. The Bertz CT molecular complexity index is 528. The minimum absolute atomic E-state index is 0.0643. The summed E-state index contributed by atoms with van der Waals surface area (Å²) >= 11 is 1.43. The van der Waals surface area contributed by atoms with Gasteiger partial charge >= 0.3 is 0 Å². The number of primary amides is 1. The molecule has 7 heteroatoms. The number of nitrogens with zero attached hydrogens (tertiary/aromatic N) is 1. The van der Waals surface area contributed by atoms with Crippen LogP contribution in [0.5, 0.6) is 0 Å². The molecule has 3 N–H and O–H groups in total. The van der Waals surface area contributed by atoms with E-state index in [0.717, 1.165) is 44.9 Å². The molecule has 0 unspecified atom stereocenters. The molecule has 0 spiro atoms. The van der Waals surface area contributed by atoms with E-state index in [1.54, 1.807) is 4.90 Å². The fourth-order valence-corrected chi connectivity index (χ4v) is 5.57. The van der Waals surface area contributed by atoms with Gasteiger partial charge in [-0.2, -0.15) is 0 Å². The Hall–Kier alpha value is -1.24. The first-order chi connectivity index (χ1) is 12.0. The molecule has 0 radical (unpaired) electrons. The van der Waals surface area contributed by atoms with E-state index in [-0.39, 0.29) is 17.9 Å². The Kier molecular flexibility index (Phi) is 5.92. The minimum Gasteiger partial charge on any atom is -0.368 e. The van der Waals surface area contributed by atoms with Crippen molar-refractivity contribution < 1.29 is 14.4 Å². The molecule has 3 aliphatic rings. The second kappa shape index (κ2) is 7.98. The Morgan fingerprint density at radius 2 is 1.72 bits per heavy atom. The third-order valence-electron chi connectivity index (χ3n) is 5.91. The number of nitrogens with one attached hydrogen (secondary N) is 1. The first kappa shape index (κ1) is 18.5. The van der Waals surface area contributed by atoms with E-state index < -0.39 is 17.5 Å². The SMILES string of the molecule is NC(=O)[C@@H]1CSCC(=O)N1C1(C(=O)NC2CCCCC2)CCCCC1. The molecule has 140 valence electrons. The minimum atomic E-state index is -0.895. The van der Waals surface area contributed by atoms with Crippen LogP contribution in [0.1, 0.15) is 64.2 Å². The number of amides is 3. The lowest BCUT2D eigenvalue weighted by atomic mass is 9.78. The predicted molar refractivity (Wildman–Crippen MR) is 98.0 cm³/mol. The van der Waals surface area contributed by atoms with Gasteiger partial charge in [0.05, 0.1) is 5.75 Å². The number of carbonyl (C=O) groups excluding carboxylic acids is 3. The van der Waals surface area contributed by atoms with Crippen LogP contribution in [-0.4, -0.2) is 51.7 Å². The fraction of sp³-hybridized carbons (Fsp3) is 0.833.